The molecule has 0 radical (unpaired) electrons. The summed E-state index contributed by atoms with van der Waals surface area (Å²) in [4.78, 5) is 10.8. The molecule has 0 aromatic heterocycles. The van der Waals surface area contributed by atoms with Crippen LogP contribution in [0.5, 0.6) is 17.2 Å². The van der Waals surface area contributed by atoms with Gasteiger partial charge in [-0.15, -0.1) is 0 Å². The lowest BCUT2D eigenvalue weighted by molar-refractivity contribution is -0.129. The van der Waals surface area contributed by atoms with Crippen LogP contribution >= 0.6 is 0 Å². The molecule has 16 heavy (non-hydrogen) atoms. The summed E-state index contributed by atoms with van der Waals surface area (Å²) in [6, 6.07) is 5.34. The Kier molecular flexibility index (Phi) is 2.99. The van der Waals surface area contributed by atoms with Gasteiger partial charge >= 0.3 is 0 Å². The molecule has 0 bridgehead atoms. The van der Waals surface area contributed by atoms with Crippen LogP contribution in [-0.4, -0.2) is 26.1 Å². The molecule has 1 aromatic rings. The SMILES string of the molecule is COc1cc(OC)cc(OC2CC(=O)C2)c1. The normalized spacial score (nSPS) is 15.5. The van der Waals surface area contributed by atoms with Crippen molar-refractivity contribution in [1.29, 1.82) is 0 Å². The second-order valence-corrected chi connectivity index (χ2v) is 3.74. The van der Waals surface area contributed by atoms with E-state index in [1.807, 2.05) is 0 Å². The Morgan fingerprint density at radius 2 is 1.50 bits per heavy atom. The van der Waals surface area contributed by atoms with Crippen LogP contribution in [-0.2, 0) is 4.79 Å². The molecule has 1 aliphatic carbocycles. The van der Waals surface area contributed by atoms with Gasteiger partial charge in [0.05, 0.1) is 14.2 Å². The van der Waals surface area contributed by atoms with E-state index in [0.29, 0.717) is 30.1 Å². The van der Waals surface area contributed by atoms with Gasteiger partial charge in [-0.3, -0.25) is 4.79 Å². The molecule has 86 valence electrons. The molecule has 1 aliphatic rings. The summed E-state index contributed by atoms with van der Waals surface area (Å²) >= 11 is 0. The van der Waals surface area contributed by atoms with Gasteiger partial charge in [-0.1, -0.05) is 0 Å². The minimum absolute atomic E-state index is 0.00399. The topological polar surface area (TPSA) is 44.8 Å². The minimum atomic E-state index is 0.00399. The quantitative estimate of drug-likeness (QED) is 0.779. The summed E-state index contributed by atoms with van der Waals surface area (Å²) in [5, 5.41) is 0. The molecule has 0 amide bonds. The van der Waals surface area contributed by atoms with Gasteiger partial charge in [-0.2, -0.15) is 0 Å². The van der Waals surface area contributed by atoms with Crippen LogP contribution in [0.1, 0.15) is 12.8 Å². The van der Waals surface area contributed by atoms with Crippen LogP contribution in [0.4, 0.5) is 0 Å². The lowest BCUT2D eigenvalue weighted by Gasteiger charge is -2.25. The van der Waals surface area contributed by atoms with Gasteiger partial charge in [0.25, 0.3) is 0 Å². The predicted molar refractivity (Wildman–Crippen MR) is 58.2 cm³/mol. The molecular weight excluding hydrogens is 208 g/mol. The fourth-order valence-corrected chi connectivity index (χ4v) is 1.57. The smallest absolute Gasteiger partial charge is 0.140 e. The number of benzene rings is 1. The summed E-state index contributed by atoms with van der Waals surface area (Å²) in [5.41, 5.74) is 0. The van der Waals surface area contributed by atoms with Gasteiger partial charge < -0.3 is 14.2 Å². The largest absolute Gasteiger partial charge is 0.496 e. The maximum Gasteiger partial charge on any atom is 0.140 e. The summed E-state index contributed by atoms with van der Waals surface area (Å²) in [6.45, 7) is 0. The molecule has 0 unspecified atom stereocenters. The van der Waals surface area contributed by atoms with Gasteiger partial charge in [-0.05, 0) is 0 Å². The highest BCUT2D eigenvalue weighted by molar-refractivity contribution is 5.85. The predicted octanol–water partition coefficient (Wildman–Crippen LogP) is 1.81. The molecule has 1 fully saturated rings. The van der Waals surface area contributed by atoms with Crippen LogP contribution in [0, 0.1) is 0 Å². The second-order valence-electron chi connectivity index (χ2n) is 3.74. The van der Waals surface area contributed by atoms with Crippen LogP contribution in [0.25, 0.3) is 0 Å². The summed E-state index contributed by atoms with van der Waals surface area (Å²) in [7, 11) is 3.18. The van der Waals surface area contributed by atoms with Crippen molar-refractivity contribution in [3.8, 4) is 17.2 Å². The molecule has 4 heteroatoms. The number of ether oxygens (including phenoxy) is 3. The maximum absolute atomic E-state index is 10.8. The van der Waals surface area contributed by atoms with E-state index in [2.05, 4.69) is 0 Å². The number of carbonyl (C=O) groups excluding carboxylic acids is 1. The van der Waals surface area contributed by atoms with Gasteiger partial charge in [0, 0.05) is 31.0 Å². The summed E-state index contributed by atoms with van der Waals surface area (Å²) in [6.07, 6.45) is 1.00. The Labute approximate surface area is 94.1 Å². The zero-order valence-corrected chi connectivity index (χ0v) is 9.36. The molecule has 1 aromatic carbocycles. The number of methoxy groups -OCH3 is 2. The van der Waals surface area contributed by atoms with Crippen LogP contribution in [0.3, 0.4) is 0 Å². The van der Waals surface area contributed by atoms with E-state index in [9.17, 15) is 4.79 Å². The van der Waals surface area contributed by atoms with E-state index < -0.39 is 0 Å². The van der Waals surface area contributed by atoms with Crippen molar-refractivity contribution in [1.82, 2.24) is 0 Å². The molecule has 4 nitrogen and oxygen atoms in total. The Balaban J connectivity index is 2.10. The molecule has 0 spiro atoms. The molecule has 0 atom stereocenters. The zero-order chi connectivity index (χ0) is 11.5. The first-order chi connectivity index (χ1) is 7.71. The third-order valence-corrected chi connectivity index (χ3v) is 2.54. The average molecular weight is 222 g/mol. The Hall–Kier alpha value is -1.71. The highest BCUT2D eigenvalue weighted by Gasteiger charge is 2.28. The van der Waals surface area contributed by atoms with Gasteiger partial charge in [0.2, 0.25) is 0 Å². The Morgan fingerprint density at radius 3 is 1.94 bits per heavy atom. The third kappa shape index (κ3) is 2.27. The van der Waals surface area contributed by atoms with E-state index in [0.717, 1.165) is 0 Å². The lowest BCUT2D eigenvalue weighted by atomic mass is 9.94. The van der Waals surface area contributed by atoms with Crippen molar-refractivity contribution in [2.75, 3.05) is 14.2 Å². The number of ketones is 1. The van der Waals surface area contributed by atoms with Crippen LogP contribution < -0.4 is 14.2 Å². The number of carbonyl (C=O) groups is 1. The first-order valence-electron chi connectivity index (χ1n) is 5.12. The molecule has 0 saturated heterocycles. The van der Waals surface area contributed by atoms with E-state index in [1.54, 1.807) is 32.4 Å². The number of hydrogen-bond acceptors (Lipinski definition) is 4. The van der Waals surface area contributed by atoms with Crippen LogP contribution in [0.15, 0.2) is 18.2 Å². The Morgan fingerprint density at radius 1 is 1.00 bits per heavy atom. The highest BCUT2D eigenvalue weighted by Crippen LogP contribution is 2.30. The molecule has 0 N–H and O–H groups in total. The molecule has 1 saturated carbocycles. The lowest BCUT2D eigenvalue weighted by Crippen LogP contribution is -2.33. The maximum atomic E-state index is 10.8. The highest BCUT2D eigenvalue weighted by atomic mass is 16.5. The van der Waals surface area contributed by atoms with Gasteiger partial charge in [0.15, 0.2) is 0 Å². The fraction of sp³-hybridized carbons (Fsp3) is 0.417. The van der Waals surface area contributed by atoms with Gasteiger partial charge in [0.1, 0.15) is 29.1 Å². The third-order valence-electron chi connectivity index (χ3n) is 2.54. The molecule has 0 aliphatic heterocycles. The van der Waals surface area contributed by atoms with Gasteiger partial charge in [-0.25, -0.2) is 0 Å². The summed E-state index contributed by atoms with van der Waals surface area (Å²) < 4.78 is 15.9. The first kappa shape index (κ1) is 10.8. The standard InChI is InChI=1S/C12H14O4/c1-14-9-5-10(15-2)7-12(6-9)16-11-3-8(13)4-11/h5-7,11H,3-4H2,1-2H3. The van der Waals surface area contributed by atoms with E-state index in [-0.39, 0.29) is 11.9 Å². The van der Waals surface area contributed by atoms with Crippen molar-refractivity contribution in [2.45, 2.75) is 18.9 Å². The Bertz CT molecular complexity index is 370. The minimum Gasteiger partial charge on any atom is -0.496 e. The fourth-order valence-electron chi connectivity index (χ4n) is 1.57. The number of rotatable bonds is 4. The monoisotopic (exact) mass is 222 g/mol. The van der Waals surface area contributed by atoms with Crippen molar-refractivity contribution in [3.63, 3.8) is 0 Å². The number of hydrogen-bond donors (Lipinski definition) is 0. The average Bonchev–Trinajstić information content (AvgIpc) is 2.26. The molecular formula is C12H14O4. The van der Waals surface area contributed by atoms with E-state index >= 15 is 0 Å². The van der Waals surface area contributed by atoms with Crippen molar-refractivity contribution in [3.05, 3.63) is 18.2 Å². The molecule has 0 heterocycles. The van der Waals surface area contributed by atoms with Crippen molar-refractivity contribution < 1.29 is 19.0 Å². The second kappa shape index (κ2) is 4.43. The van der Waals surface area contributed by atoms with E-state index in [4.69, 9.17) is 14.2 Å². The van der Waals surface area contributed by atoms with Crippen molar-refractivity contribution in [2.24, 2.45) is 0 Å². The van der Waals surface area contributed by atoms with Crippen molar-refractivity contribution >= 4 is 5.78 Å². The number of Topliss-reactive ketones (excluding diaryl/α,β-unsaturated/α-hetero) is 1. The van der Waals surface area contributed by atoms with Crippen LogP contribution in [0.2, 0.25) is 0 Å². The summed E-state index contributed by atoms with van der Waals surface area (Å²) in [5.74, 6) is 2.29. The molecule has 2 rings (SSSR count). The van der Waals surface area contributed by atoms with E-state index in [1.165, 1.54) is 0 Å². The zero-order valence-electron chi connectivity index (χ0n) is 9.36. The first-order valence-corrected chi connectivity index (χ1v) is 5.12.